The molecule has 3 atom stereocenters. The van der Waals surface area contributed by atoms with Gasteiger partial charge in [-0.15, -0.1) is 0 Å². The summed E-state index contributed by atoms with van der Waals surface area (Å²) in [6.07, 6.45) is 29.2. The number of hydrogen-bond acceptors (Lipinski definition) is 0. The molecule has 0 aliphatic heterocycles. The van der Waals surface area contributed by atoms with Crippen LogP contribution in [0.25, 0.3) is 0 Å². The molecule has 0 aromatic carbocycles. The Kier molecular flexibility index (Phi) is 21.2. The van der Waals surface area contributed by atoms with E-state index in [0.717, 1.165) is 24.2 Å². The normalized spacial score (nSPS) is 15.2. The molecule has 0 amide bonds. The van der Waals surface area contributed by atoms with Gasteiger partial charge in [0, 0.05) is 0 Å². The molecule has 0 aromatic rings. The summed E-state index contributed by atoms with van der Waals surface area (Å²) in [5.41, 5.74) is 0. The van der Waals surface area contributed by atoms with Crippen LogP contribution in [0.2, 0.25) is 0 Å². The van der Waals surface area contributed by atoms with Crippen LogP contribution in [-0.4, -0.2) is 0 Å². The van der Waals surface area contributed by atoms with Gasteiger partial charge in [-0.1, -0.05) is 143 Å². The van der Waals surface area contributed by atoms with E-state index in [2.05, 4.69) is 40.7 Å². The largest absolute Gasteiger partial charge is 0.0885 e. The SMILES string of the molecule is [CH2]C=CCCCCCCCCCCC(C)CCCC(C)CCCC(C)CC[CH2]. The summed E-state index contributed by atoms with van der Waals surface area (Å²) in [6, 6.07) is 0. The maximum absolute atomic E-state index is 3.98. The Bertz CT molecular complexity index is 316. The maximum Gasteiger partial charge on any atom is -0.0316 e. The number of hydrogen-bond donors (Lipinski definition) is 0. The fourth-order valence-electron chi connectivity index (χ4n) is 4.34. The van der Waals surface area contributed by atoms with Gasteiger partial charge in [-0.3, -0.25) is 0 Å². The zero-order chi connectivity index (χ0) is 20.9. The van der Waals surface area contributed by atoms with Gasteiger partial charge in [-0.05, 0) is 37.5 Å². The van der Waals surface area contributed by atoms with Crippen LogP contribution < -0.4 is 0 Å². The van der Waals surface area contributed by atoms with Crippen molar-refractivity contribution in [2.75, 3.05) is 0 Å². The Labute approximate surface area is 180 Å². The third kappa shape index (κ3) is 20.5. The fraction of sp³-hybridized carbons (Fsp3) is 0.857. The third-order valence-corrected chi connectivity index (χ3v) is 6.47. The molecule has 3 unspecified atom stereocenters. The minimum atomic E-state index is 0.880. The summed E-state index contributed by atoms with van der Waals surface area (Å²) < 4.78 is 0. The van der Waals surface area contributed by atoms with Crippen molar-refractivity contribution in [1.82, 2.24) is 0 Å². The highest BCUT2D eigenvalue weighted by atomic mass is 14.1. The second-order valence-corrected chi connectivity index (χ2v) is 9.70. The molecule has 0 aliphatic rings. The lowest BCUT2D eigenvalue weighted by Gasteiger charge is -2.15. The van der Waals surface area contributed by atoms with Crippen LogP contribution in [0.3, 0.4) is 0 Å². The molecule has 0 saturated carbocycles. The molecule has 0 aromatic heterocycles. The standard InChI is InChI=1S/C28H54/c1-6-8-9-10-11-12-13-14-15-16-17-21-27(4)23-19-25-28(5)24-18-22-26(3)20-7-2/h6,8,26-28H,1-2,7,9-25H2,3-5H3. The molecule has 0 spiro atoms. The monoisotopic (exact) mass is 390 g/mol. The Morgan fingerprint density at radius 2 is 0.929 bits per heavy atom. The first-order valence-corrected chi connectivity index (χ1v) is 12.8. The van der Waals surface area contributed by atoms with Crippen molar-refractivity contribution in [2.24, 2.45) is 17.8 Å². The lowest BCUT2D eigenvalue weighted by molar-refractivity contribution is 0.378. The lowest BCUT2D eigenvalue weighted by Crippen LogP contribution is -2.01. The lowest BCUT2D eigenvalue weighted by atomic mass is 9.91. The molecule has 2 radical (unpaired) electrons. The molecule has 0 rings (SSSR count). The highest BCUT2D eigenvalue weighted by molar-refractivity contribution is 4.83. The minimum Gasteiger partial charge on any atom is -0.0885 e. The van der Waals surface area contributed by atoms with E-state index in [9.17, 15) is 0 Å². The van der Waals surface area contributed by atoms with E-state index in [1.165, 1.54) is 109 Å². The smallest absolute Gasteiger partial charge is 0.0316 e. The van der Waals surface area contributed by atoms with Gasteiger partial charge in [0.05, 0.1) is 0 Å². The van der Waals surface area contributed by atoms with Gasteiger partial charge < -0.3 is 0 Å². The molecule has 0 nitrogen and oxygen atoms in total. The molecular weight excluding hydrogens is 336 g/mol. The van der Waals surface area contributed by atoms with Crippen LogP contribution in [0.1, 0.15) is 136 Å². The van der Waals surface area contributed by atoms with E-state index in [1.54, 1.807) is 0 Å². The van der Waals surface area contributed by atoms with E-state index in [0.29, 0.717) is 0 Å². The molecule has 0 bridgehead atoms. The van der Waals surface area contributed by atoms with Crippen molar-refractivity contribution in [2.45, 2.75) is 136 Å². The molecule has 0 heteroatoms. The van der Waals surface area contributed by atoms with Crippen LogP contribution in [0.4, 0.5) is 0 Å². The summed E-state index contributed by atoms with van der Waals surface area (Å²) in [5, 5.41) is 0. The van der Waals surface area contributed by atoms with E-state index in [4.69, 9.17) is 0 Å². The van der Waals surface area contributed by atoms with Gasteiger partial charge in [0.15, 0.2) is 0 Å². The molecule has 166 valence electrons. The summed E-state index contributed by atoms with van der Waals surface area (Å²) in [4.78, 5) is 0. The highest BCUT2D eigenvalue weighted by Gasteiger charge is 2.07. The van der Waals surface area contributed by atoms with E-state index < -0.39 is 0 Å². The van der Waals surface area contributed by atoms with Crippen molar-refractivity contribution in [3.8, 4) is 0 Å². The minimum absolute atomic E-state index is 0.880. The van der Waals surface area contributed by atoms with Crippen molar-refractivity contribution in [3.63, 3.8) is 0 Å². The average molecular weight is 391 g/mol. The summed E-state index contributed by atoms with van der Waals surface area (Å²) in [5.74, 6) is 2.74. The first kappa shape index (κ1) is 27.7. The molecular formula is C28H54. The second kappa shape index (κ2) is 21.4. The van der Waals surface area contributed by atoms with Gasteiger partial charge in [0.2, 0.25) is 0 Å². The van der Waals surface area contributed by atoms with Crippen LogP contribution in [0.5, 0.6) is 0 Å². The predicted octanol–water partition coefficient (Wildman–Crippen LogP) is 10.1. The van der Waals surface area contributed by atoms with Crippen LogP contribution in [0.15, 0.2) is 12.2 Å². The van der Waals surface area contributed by atoms with Gasteiger partial charge in [0.25, 0.3) is 0 Å². The molecule has 0 saturated heterocycles. The van der Waals surface area contributed by atoms with Crippen molar-refractivity contribution < 1.29 is 0 Å². The van der Waals surface area contributed by atoms with Gasteiger partial charge >= 0.3 is 0 Å². The van der Waals surface area contributed by atoms with E-state index in [1.807, 2.05) is 6.08 Å². The third-order valence-electron chi connectivity index (χ3n) is 6.47. The van der Waals surface area contributed by atoms with Crippen LogP contribution >= 0.6 is 0 Å². The van der Waals surface area contributed by atoms with Gasteiger partial charge in [0.1, 0.15) is 0 Å². The summed E-state index contributed by atoms with van der Waals surface area (Å²) in [6.45, 7) is 15.0. The molecule has 0 heterocycles. The zero-order valence-corrected chi connectivity index (χ0v) is 20.0. The Morgan fingerprint density at radius 1 is 0.536 bits per heavy atom. The topological polar surface area (TPSA) is 0 Å². The zero-order valence-electron chi connectivity index (χ0n) is 20.0. The van der Waals surface area contributed by atoms with Crippen molar-refractivity contribution >= 4 is 0 Å². The molecule has 0 fully saturated rings. The van der Waals surface area contributed by atoms with E-state index in [-0.39, 0.29) is 0 Å². The number of allylic oxidation sites excluding steroid dienone is 2. The highest BCUT2D eigenvalue weighted by Crippen LogP contribution is 2.22. The quantitative estimate of drug-likeness (QED) is 0.171. The Balaban J connectivity index is 3.35. The van der Waals surface area contributed by atoms with Gasteiger partial charge in [-0.25, -0.2) is 0 Å². The number of rotatable bonds is 21. The Morgan fingerprint density at radius 3 is 1.39 bits per heavy atom. The van der Waals surface area contributed by atoms with Crippen molar-refractivity contribution in [3.05, 3.63) is 26.0 Å². The molecule has 0 aliphatic carbocycles. The van der Waals surface area contributed by atoms with Crippen molar-refractivity contribution in [1.29, 1.82) is 0 Å². The maximum atomic E-state index is 3.98. The van der Waals surface area contributed by atoms with Gasteiger partial charge in [-0.2, -0.15) is 0 Å². The first-order valence-electron chi connectivity index (χ1n) is 12.8. The van der Waals surface area contributed by atoms with Crippen LogP contribution in [-0.2, 0) is 0 Å². The fourth-order valence-corrected chi connectivity index (χ4v) is 4.34. The molecule has 28 heavy (non-hydrogen) atoms. The average Bonchev–Trinajstić information content (AvgIpc) is 2.66. The summed E-state index contributed by atoms with van der Waals surface area (Å²) in [7, 11) is 0. The Hall–Kier alpha value is -0.260. The first-order chi connectivity index (χ1) is 13.6. The number of unbranched alkanes of at least 4 members (excludes halogenated alkanes) is 8. The molecule has 0 N–H and O–H groups in total. The van der Waals surface area contributed by atoms with Crippen LogP contribution in [0, 0.1) is 31.6 Å². The predicted molar refractivity (Wildman–Crippen MR) is 130 cm³/mol. The summed E-state index contributed by atoms with van der Waals surface area (Å²) >= 11 is 0. The van der Waals surface area contributed by atoms with E-state index >= 15 is 0 Å². The second-order valence-electron chi connectivity index (χ2n) is 9.70.